The van der Waals surface area contributed by atoms with Gasteiger partial charge >= 0.3 is 5.97 Å². The number of carbonyl (C=O) groups excluding carboxylic acids is 3. The number of ether oxygens (including phenoxy) is 6. The van der Waals surface area contributed by atoms with Crippen LogP contribution >= 0.6 is 0 Å². The molecule has 2 aromatic rings. The number of carbonyl (C=O) groups is 3. The molecule has 1 aliphatic heterocycles. The van der Waals surface area contributed by atoms with Crippen molar-refractivity contribution in [3.63, 3.8) is 0 Å². The molecule has 2 aliphatic rings. The van der Waals surface area contributed by atoms with E-state index in [1.54, 1.807) is 20.3 Å². The minimum atomic E-state index is -0.910. The molecule has 3 N–H and O–H groups in total. The lowest BCUT2D eigenvalue weighted by Gasteiger charge is -2.41. The Morgan fingerprint density at radius 1 is 1.00 bits per heavy atom. The zero-order chi connectivity index (χ0) is 40.0. The predicted octanol–water partition coefficient (Wildman–Crippen LogP) is 5.84. The second kappa shape index (κ2) is 17.9. The fourth-order valence-electron chi connectivity index (χ4n) is 7.25. The normalized spacial score (nSPS) is 20.2. The maximum atomic E-state index is 14.0. The number of esters is 1. The molecule has 54 heavy (non-hydrogen) atoms. The number of nitrogens with one attached hydrogen (secondary N) is 3. The molecule has 0 bridgehead atoms. The molecule has 1 heterocycles. The average Bonchev–Trinajstić information content (AvgIpc) is 3.32. The first-order valence-electron chi connectivity index (χ1n) is 18.8. The summed E-state index contributed by atoms with van der Waals surface area (Å²) in [7, 11) is 4.65. The second-order valence-corrected chi connectivity index (χ2v) is 15.6. The van der Waals surface area contributed by atoms with Crippen molar-refractivity contribution in [3.8, 4) is 28.4 Å². The van der Waals surface area contributed by atoms with Gasteiger partial charge in [-0.2, -0.15) is 0 Å². The Balaban J connectivity index is 1.60. The number of methoxy groups -OCH3 is 3. The molecule has 2 aromatic carbocycles. The number of anilines is 1. The van der Waals surface area contributed by atoms with E-state index in [9.17, 15) is 19.2 Å². The molecule has 13 heteroatoms. The monoisotopic (exact) mass is 753 g/mol. The van der Waals surface area contributed by atoms with Gasteiger partial charge in [0.1, 0.15) is 11.6 Å². The number of aryl methyl sites for hydroxylation is 1. The largest absolute Gasteiger partial charge is 0.493 e. The summed E-state index contributed by atoms with van der Waals surface area (Å²) in [6.07, 6.45) is 2.21. The highest BCUT2D eigenvalue weighted by atomic mass is 16.7. The van der Waals surface area contributed by atoms with Crippen LogP contribution in [-0.2, 0) is 35.0 Å². The van der Waals surface area contributed by atoms with Crippen LogP contribution in [0, 0.1) is 5.92 Å². The summed E-state index contributed by atoms with van der Waals surface area (Å²) < 4.78 is 34.9. The molecule has 0 spiro atoms. The van der Waals surface area contributed by atoms with Crippen molar-refractivity contribution in [1.82, 2.24) is 10.6 Å². The Bertz CT molecular complexity index is 1740. The van der Waals surface area contributed by atoms with E-state index in [-0.39, 0.29) is 53.4 Å². The van der Waals surface area contributed by atoms with E-state index in [0.29, 0.717) is 67.0 Å². The van der Waals surface area contributed by atoms with Crippen molar-refractivity contribution in [2.45, 2.75) is 130 Å². The van der Waals surface area contributed by atoms with E-state index in [4.69, 9.17) is 28.4 Å². The highest BCUT2D eigenvalue weighted by Gasteiger charge is 2.37. The third kappa shape index (κ3) is 10.7. The van der Waals surface area contributed by atoms with Crippen molar-refractivity contribution in [1.29, 1.82) is 0 Å². The van der Waals surface area contributed by atoms with Gasteiger partial charge in [-0.15, -0.1) is 0 Å². The quantitative estimate of drug-likeness (QED) is 0.199. The number of hydrogen-bond acceptors (Lipinski definition) is 11. The molecule has 2 amide bonds. The molecule has 1 saturated heterocycles. The van der Waals surface area contributed by atoms with Gasteiger partial charge in [0.25, 0.3) is 0 Å². The number of fused-ring (bicyclic) bond motifs is 3. The van der Waals surface area contributed by atoms with Crippen molar-refractivity contribution in [3.05, 3.63) is 45.6 Å². The molecule has 1 aliphatic carbocycles. The van der Waals surface area contributed by atoms with Crippen LogP contribution in [0.2, 0.25) is 0 Å². The van der Waals surface area contributed by atoms with Crippen LogP contribution in [0.3, 0.4) is 0 Å². The minimum absolute atomic E-state index is 0.105. The first kappa shape index (κ1) is 42.4. The average molecular weight is 754 g/mol. The van der Waals surface area contributed by atoms with Crippen LogP contribution in [0.5, 0.6) is 17.2 Å². The Hall–Kier alpha value is -4.36. The van der Waals surface area contributed by atoms with Gasteiger partial charge in [-0.1, -0.05) is 26.3 Å². The molecule has 0 aromatic heterocycles. The van der Waals surface area contributed by atoms with Crippen molar-refractivity contribution in [2.75, 3.05) is 33.2 Å². The van der Waals surface area contributed by atoms with Gasteiger partial charge in [0.2, 0.25) is 23.0 Å². The highest BCUT2D eigenvalue weighted by molar-refractivity contribution is 5.86. The lowest BCUT2D eigenvalue weighted by atomic mass is 9.95. The lowest BCUT2D eigenvalue weighted by Crippen LogP contribution is -2.48. The molecule has 5 unspecified atom stereocenters. The van der Waals surface area contributed by atoms with Gasteiger partial charge < -0.3 is 44.4 Å². The third-order valence-electron chi connectivity index (χ3n) is 9.73. The Morgan fingerprint density at radius 2 is 1.69 bits per heavy atom. The number of amides is 2. The first-order valence-corrected chi connectivity index (χ1v) is 18.8. The van der Waals surface area contributed by atoms with Gasteiger partial charge in [-0.3, -0.25) is 19.2 Å². The van der Waals surface area contributed by atoms with Gasteiger partial charge in [0.15, 0.2) is 17.3 Å². The fraction of sp³-hybridized carbons (Fsp3) is 0.610. The minimum Gasteiger partial charge on any atom is -0.493 e. The third-order valence-corrected chi connectivity index (χ3v) is 9.73. The topological polar surface area (TPSA) is 160 Å². The summed E-state index contributed by atoms with van der Waals surface area (Å²) in [4.78, 5) is 52.7. The zero-order valence-corrected chi connectivity index (χ0v) is 33.7. The maximum Gasteiger partial charge on any atom is 0.308 e. The van der Waals surface area contributed by atoms with E-state index < -0.39 is 23.5 Å². The Kier molecular flexibility index (Phi) is 14.0. The van der Waals surface area contributed by atoms with E-state index in [0.717, 1.165) is 11.1 Å². The van der Waals surface area contributed by atoms with Crippen LogP contribution in [0.15, 0.2) is 29.1 Å². The molecule has 1 fully saturated rings. The molecular formula is C41H59N3O10. The summed E-state index contributed by atoms with van der Waals surface area (Å²) in [5, 5.41) is 9.33. The van der Waals surface area contributed by atoms with Crippen LogP contribution in [-0.4, -0.2) is 75.3 Å². The van der Waals surface area contributed by atoms with Crippen LogP contribution < -0.4 is 35.6 Å². The van der Waals surface area contributed by atoms with Gasteiger partial charge in [0.05, 0.1) is 51.7 Å². The standard InChI is InChI=1S/C41H59N3O10/c1-12-23(2)36(39(48)42-18-17-26-20-27(53-41(7,8)52-26)21-34(47)54-40(4,5)6)44-31-16-14-28-29(22-32(31)46)30(43-24(3)45)15-13-25-19-33(49-9)37(50-10)38(51-11)35(25)28/h14,16,19,22-23,26-27,30,36H,12-13,15,17-18,20-21H2,1-11H3,(H,42,48)(H,43,45)(H,44,46). The van der Waals surface area contributed by atoms with Gasteiger partial charge in [0, 0.05) is 25.5 Å². The predicted molar refractivity (Wildman–Crippen MR) is 206 cm³/mol. The lowest BCUT2D eigenvalue weighted by molar-refractivity contribution is -0.300. The molecule has 4 rings (SSSR count). The fourth-order valence-corrected chi connectivity index (χ4v) is 7.25. The summed E-state index contributed by atoms with van der Waals surface area (Å²) in [6, 6.07) is 5.76. The van der Waals surface area contributed by atoms with Crippen molar-refractivity contribution in [2.24, 2.45) is 5.92 Å². The smallest absolute Gasteiger partial charge is 0.308 e. The first-order chi connectivity index (χ1) is 25.4. The van der Waals surface area contributed by atoms with E-state index >= 15 is 0 Å². The van der Waals surface area contributed by atoms with Crippen molar-refractivity contribution < 1.29 is 42.8 Å². The van der Waals surface area contributed by atoms with Crippen LogP contribution in [0.1, 0.15) is 105 Å². The van der Waals surface area contributed by atoms with Crippen LogP contribution in [0.4, 0.5) is 5.69 Å². The number of hydrogen-bond donors (Lipinski definition) is 3. The molecule has 0 radical (unpaired) electrons. The summed E-state index contributed by atoms with van der Waals surface area (Å²) in [5.41, 5.74) is 2.29. The number of benzene rings is 1. The summed E-state index contributed by atoms with van der Waals surface area (Å²) in [6.45, 7) is 14.8. The molecule has 0 saturated carbocycles. The van der Waals surface area contributed by atoms with E-state index in [1.165, 1.54) is 20.1 Å². The van der Waals surface area contributed by atoms with E-state index in [2.05, 4.69) is 16.0 Å². The zero-order valence-electron chi connectivity index (χ0n) is 33.7. The van der Waals surface area contributed by atoms with E-state index in [1.807, 2.05) is 60.6 Å². The Morgan fingerprint density at radius 3 is 2.30 bits per heavy atom. The Labute approximate surface area is 319 Å². The molecule has 13 nitrogen and oxygen atoms in total. The molecule has 298 valence electrons. The van der Waals surface area contributed by atoms with Crippen LogP contribution in [0.25, 0.3) is 11.1 Å². The summed E-state index contributed by atoms with van der Waals surface area (Å²) >= 11 is 0. The summed E-state index contributed by atoms with van der Waals surface area (Å²) in [5.74, 6) is -0.481. The molecular weight excluding hydrogens is 694 g/mol. The number of rotatable bonds is 14. The molecule has 5 atom stereocenters. The van der Waals surface area contributed by atoms with Gasteiger partial charge in [-0.25, -0.2) is 0 Å². The van der Waals surface area contributed by atoms with Crippen molar-refractivity contribution >= 4 is 23.5 Å². The second-order valence-electron chi connectivity index (χ2n) is 15.6. The van der Waals surface area contributed by atoms with Gasteiger partial charge in [-0.05, 0) is 94.7 Å². The maximum absolute atomic E-state index is 14.0. The highest BCUT2D eigenvalue weighted by Crippen LogP contribution is 2.50. The SMILES string of the molecule is CCC(C)C(Nc1ccc2c(cc1=O)C(NC(C)=O)CCc1cc(OC)c(OC)c(OC)c1-2)C(=O)NCCC1CC(CC(=O)OC(C)(C)C)OC(C)(C)O1.